The van der Waals surface area contributed by atoms with Gasteiger partial charge in [-0.05, 0) is 43.9 Å². The zero-order chi connectivity index (χ0) is 12.5. The van der Waals surface area contributed by atoms with Crippen molar-refractivity contribution in [1.82, 2.24) is 0 Å². The summed E-state index contributed by atoms with van der Waals surface area (Å²) in [5.41, 5.74) is 1.28. The summed E-state index contributed by atoms with van der Waals surface area (Å²) in [7, 11) is 0. The van der Waals surface area contributed by atoms with Crippen LogP contribution >= 0.6 is 0 Å². The average molecular weight is 234 g/mol. The number of hydrogen-bond donors (Lipinski definition) is 1. The van der Waals surface area contributed by atoms with Gasteiger partial charge in [0, 0.05) is 0 Å². The predicted octanol–water partition coefficient (Wildman–Crippen LogP) is 2.90. The quantitative estimate of drug-likeness (QED) is 0.871. The van der Waals surface area contributed by atoms with E-state index in [-0.39, 0.29) is 0 Å². The smallest absolute Gasteiger partial charge is 0.314 e. The lowest BCUT2D eigenvalue weighted by Crippen LogP contribution is -2.42. The van der Waals surface area contributed by atoms with Crippen LogP contribution in [0.25, 0.3) is 0 Å². The molecule has 0 radical (unpaired) electrons. The second kappa shape index (κ2) is 4.40. The van der Waals surface area contributed by atoms with Crippen molar-refractivity contribution < 1.29 is 14.6 Å². The molecule has 0 bridgehead atoms. The minimum atomic E-state index is -0.702. The monoisotopic (exact) mass is 234 g/mol. The molecule has 0 atom stereocenters. The highest BCUT2D eigenvalue weighted by molar-refractivity contribution is 5.82. The maximum Gasteiger partial charge on any atom is 0.314 e. The fourth-order valence-corrected chi connectivity index (χ4v) is 2.42. The van der Waals surface area contributed by atoms with Gasteiger partial charge >= 0.3 is 5.97 Å². The Morgan fingerprint density at radius 3 is 2.59 bits per heavy atom. The number of hydrogen-bond acceptors (Lipinski definition) is 2. The van der Waals surface area contributed by atoms with Gasteiger partial charge in [-0.3, -0.25) is 4.79 Å². The first-order chi connectivity index (χ1) is 8.10. The molecule has 0 saturated heterocycles. The normalized spacial score (nSPS) is 17.3. The summed E-state index contributed by atoms with van der Waals surface area (Å²) in [5.74, 6) is 0.142. The van der Waals surface area contributed by atoms with Crippen LogP contribution in [-0.4, -0.2) is 17.7 Å². The first-order valence-electron chi connectivity index (χ1n) is 6.07. The molecule has 3 nitrogen and oxygen atoms in total. The number of benzene rings is 1. The van der Waals surface area contributed by atoms with Crippen LogP contribution in [-0.2, 0) is 10.2 Å². The second-order valence-electron chi connectivity index (χ2n) is 4.65. The van der Waals surface area contributed by atoms with Crippen molar-refractivity contribution in [3.63, 3.8) is 0 Å². The molecule has 1 fully saturated rings. The summed E-state index contributed by atoms with van der Waals surface area (Å²) < 4.78 is 5.47. The summed E-state index contributed by atoms with van der Waals surface area (Å²) in [6.07, 6.45) is 2.49. The van der Waals surface area contributed by atoms with Gasteiger partial charge in [0.2, 0.25) is 0 Å². The summed E-state index contributed by atoms with van der Waals surface area (Å²) in [6.45, 7) is 4.53. The van der Waals surface area contributed by atoms with E-state index >= 15 is 0 Å². The molecule has 1 aromatic carbocycles. The predicted molar refractivity (Wildman–Crippen MR) is 65.5 cm³/mol. The molecule has 1 aliphatic carbocycles. The van der Waals surface area contributed by atoms with Crippen molar-refractivity contribution in [3.05, 3.63) is 29.3 Å². The van der Waals surface area contributed by atoms with Gasteiger partial charge in [-0.15, -0.1) is 0 Å². The molecule has 0 aliphatic heterocycles. The summed E-state index contributed by atoms with van der Waals surface area (Å²) in [4.78, 5) is 11.4. The largest absolute Gasteiger partial charge is 0.494 e. The summed E-state index contributed by atoms with van der Waals surface area (Å²) >= 11 is 0. The number of carboxylic acid groups (broad SMARTS) is 1. The lowest BCUT2D eigenvalue weighted by molar-refractivity contribution is -0.147. The minimum Gasteiger partial charge on any atom is -0.494 e. The number of rotatable bonds is 4. The molecule has 0 unspecified atom stereocenters. The highest BCUT2D eigenvalue weighted by atomic mass is 16.5. The van der Waals surface area contributed by atoms with Crippen LogP contribution in [0.4, 0.5) is 0 Å². The Labute approximate surface area is 101 Å². The number of aryl methyl sites for hydroxylation is 1. The van der Waals surface area contributed by atoms with Crippen molar-refractivity contribution in [3.8, 4) is 5.75 Å². The molecule has 2 rings (SSSR count). The molecule has 1 aliphatic rings. The van der Waals surface area contributed by atoms with Gasteiger partial charge < -0.3 is 9.84 Å². The molecule has 0 spiro atoms. The van der Waals surface area contributed by atoms with Gasteiger partial charge in [0.05, 0.1) is 12.0 Å². The van der Waals surface area contributed by atoms with Crippen molar-refractivity contribution in [2.75, 3.05) is 6.61 Å². The molecule has 0 amide bonds. The van der Waals surface area contributed by atoms with E-state index in [1.807, 2.05) is 32.0 Å². The van der Waals surface area contributed by atoms with Crippen molar-refractivity contribution in [2.24, 2.45) is 0 Å². The van der Waals surface area contributed by atoms with Gasteiger partial charge in [-0.1, -0.05) is 18.6 Å². The number of carboxylic acids is 1. The Balaban J connectivity index is 2.34. The fraction of sp³-hybridized carbons (Fsp3) is 0.500. The molecule has 17 heavy (non-hydrogen) atoms. The SMILES string of the molecule is CCOc1ccc(C2(C(=O)O)CCC2)cc1C. The van der Waals surface area contributed by atoms with E-state index in [4.69, 9.17) is 4.74 Å². The zero-order valence-corrected chi connectivity index (χ0v) is 10.3. The lowest BCUT2D eigenvalue weighted by Gasteiger charge is -2.38. The van der Waals surface area contributed by atoms with Crippen LogP contribution in [0.15, 0.2) is 18.2 Å². The van der Waals surface area contributed by atoms with E-state index in [0.29, 0.717) is 6.61 Å². The van der Waals surface area contributed by atoms with E-state index in [9.17, 15) is 9.90 Å². The van der Waals surface area contributed by atoms with Crippen molar-refractivity contribution in [1.29, 1.82) is 0 Å². The Hall–Kier alpha value is -1.51. The molecule has 92 valence electrons. The van der Waals surface area contributed by atoms with Gasteiger partial charge in [0.25, 0.3) is 0 Å². The van der Waals surface area contributed by atoms with Crippen LogP contribution in [0, 0.1) is 6.92 Å². The molecule has 1 saturated carbocycles. The van der Waals surface area contributed by atoms with E-state index in [2.05, 4.69) is 0 Å². The van der Waals surface area contributed by atoms with Crippen LogP contribution in [0.3, 0.4) is 0 Å². The molecule has 1 N–H and O–H groups in total. The van der Waals surface area contributed by atoms with Gasteiger partial charge in [0.15, 0.2) is 0 Å². The third-order valence-corrected chi connectivity index (χ3v) is 3.64. The standard InChI is InChI=1S/C14H18O3/c1-3-17-12-6-5-11(9-10(12)2)14(13(15)16)7-4-8-14/h5-6,9H,3-4,7-8H2,1-2H3,(H,15,16). The minimum absolute atomic E-state index is 0.629. The summed E-state index contributed by atoms with van der Waals surface area (Å²) in [6, 6.07) is 5.74. The van der Waals surface area contributed by atoms with Crippen molar-refractivity contribution >= 4 is 5.97 Å². The van der Waals surface area contributed by atoms with E-state index in [1.165, 1.54) is 0 Å². The molecular weight excluding hydrogens is 216 g/mol. The Morgan fingerprint density at radius 2 is 2.18 bits per heavy atom. The Morgan fingerprint density at radius 1 is 1.47 bits per heavy atom. The van der Waals surface area contributed by atoms with Crippen LogP contribution < -0.4 is 4.74 Å². The van der Waals surface area contributed by atoms with Gasteiger partial charge in [0.1, 0.15) is 5.75 Å². The topological polar surface area (TPSA) is 46.5 Å². The van der Waals surface area contributed by atoms with Crippen molar-refractivity contribution in [2.45, 2.75) is 38.5 Å². The van der Waals surface area contributed by atoms with Crippen LogP contribution in [0.5, 0.6) is 5.75 Å². The Kier molecular flexibility index (Phi) is 3.09. The third kappa shape index (κ3) is 1.90. The molecule has 1 aromatic rings. The number of aliphatic carboxylic acids is 1. The molecular formula is C14H18O3. The number of carbonyl (C=O) groups is 1. The summed E-state index contributed by atoms with van der Waals surface area (Å²) in [5, 5.41) is 9.37. The van der Waals surface area contributed by atoms with E-state index in [1.54, 1.807) is 0 Å². The number of ether oxygens (including phenoxy) is 1. The van der Waals surface area contributed by atoms with E-state index in [0.717, 1.165) is 36.1 Å². The van der Waals surface area contributed by atoms with E-state index < -0.39 is 11.4 Å². The zero-order valence-electron chi connectivity index (χ0n) is 10.3. The third-order valence-electron chi connectivity index (χ3n) is 3.64. The highest BCUT2D eigenvalue weighted by Gasteiger charge is 2.45. The molecule has 0 aromatic heterocycles. The highest BCUT2D eigenvalue weighted by Crippen LogP contribution is 2.44. The maximum absolute atomic E-state index is 11.4. The van der Waals surface area contributed by atoms with Gasteiger partial charge in [-0.25, -0.2) is 0 Å². The molecule has 0 heterocycles. The first-order valence-corrected chi connectivity index (χ1v) is 6.07. The first kappa shape index (κ1) is 12.0. The average Bonchev–Trinajstić information content (AvgIpc) is 2.20. The van der Waals surface area contributed by atoms with Crippen LogP contribution in [0.1, 0.15) is 37.3 Å². The maximum atomic E-state index is 11.4. The fourth-order valence-electron chi connectivity index (χ4n) is 2.42. The van der Waals surface area contributed by atoms with Crippen LogP contribution in [0.2, 0.25) is 0 Å². The molecule has 3 heteroatoms. The van der Waals surface area contributed by atoms with Gasteiger partial charge in [-0.2, -0.15) is 0 Å². The second-order valence-corrected chi connectivity index (χ2v) is 4.65. The lowest BCUT2D eigenvalue weighted by atomic mass is 9.64. The Bertz CT molecular complexity index is 433.